The van der Waals surface area contributed by atoms with Crippen LogP contribution in [-0.4, -0.2) is 23.1 Å². The summed E-state index contributed by atoms with van der Waals surface area (Å²) in [6, 6.07) is 7.98. The molecule has 0 saturated heterocycles. The Morgan fingerprint density at radius 3 is 2.76 bits per heavy atom. The molecule has 1 aliphatic rings. The summed E-state index contributed by atoms with van der Waals surface area (Å²) in [5.41, 5.74) is 1.74. The van der Waals surface area contributed by atoms with Crippen LogP contribution >= 0.6 is 0 Å². The quantitative estimate of drug-likeness (QED) is 0.687. The van der Waals surface area contributed by atoms with E-state index in [2.05, 4.69) is 12.6 Å². The summed E-state index contributed by atoms with van der Waals surface area (Å²) in [6.07, 6.45) is 0.523. The molecule has 1 aliphatic heterocycles. The number of carbonyl (C=O) groups excluding carboxylic acids is 1. The number of hydrogen-bond donors (Lipinski definition) is 0. The largest absolute Gasteiger partial charge is 0.444 e. The lowest BCUT2D eigenvalue weighted by Gasteiger charge is -2.30. The van der Waals surface area contributed by atoms with Crippen LogP contribution in [-0.2, 0) is 11.2 Å². The fourth-order valence-electron chi connectivity index (χ4n) is 1.73. The number of rotatable bonds is 0. The summed E-state index contributed by atoms with van der Waals surface area (Å²) in [7, 11) is 0. The lowest BCUT2D eigenvalue weighted by Crippen LogP contribution is -2.38. The second-order valence-corrected chi connectivity index (χ2v) is 5.15. The minimum absolute atomic E-state index is 0.327. The maximum atomic E-state index is 11.9. The highest BCUT2D eigenvalue weighted by atomic mass is 16.6. The van der Waals surface area contributed by atoms with Gasteiger partial charge in [0.2, 0.25) is 0 Å². The third-order valence-electron chi connectivity index (χ3n) is 2.49. The van der Waals surface area contributed by atoms with Gasteiger partial charge in [0, 0.05) is 6.54 Å². The van der Waals surface area contributed by atoms with Crippen LogP contribution in [0.1, 0.15) is 31.9 Å². The first kappa shape index (κ1) is 12.0. The Hall–Kier alpha value is -1.51. The second-order valence-electron chi connectivity index (χ2n) is 5.15. The Morgan fingerprint density at radius 1 is 1.35 bits per heavy atom. The fraction of sp³-hybridized carbons (Fsp3) is 0.429. The molecule has 90 valence electrons. The predicted molar refractivity (Wildman–Crippen MR) is 65.4 cm³/mol. The number of amides is 1. The molecule has 3 nitrogen and oxygen atoms in total. The van der Waals surface area contributed by atoms with Gasteiger partial charge >= 0.3 is 6.09 Å². The molecule has 0 spiro atoms. The first-order valence-corrected chi connectivity index (χ1v) is 5.81. The van der Waals surface area contributed by atoms with E-state index >= 15 is 0 Å². The van der Waals surface area contributed by atoms with Gasteiger partial charge in [-0.3, -0.25) is 4.90 Å². The van der Waals surface area contributed by atoms with Crippen molar-refractivity contribution in [1.29, 1.82) is 0 Å². The van der Waals surface area contributed by atoms with Crippen molar-refractivity contribution in [1.82, 2.24) is 4.90 Å². The zero-order chi connectivity index (χ0) is 12.5. The van der Waals surface area contributed by atoms with Gasteiger partial charge in [0.05, 0.1) is 0 Å². The van der Waals surface area contributed by atoms with Gasteiger partial charge in [-0.1, -0.05) is 24.3 Å². The average Bonchev–Trinajstić information content (AvgIpc) is 2.26. The smallest absolute Gasteiger partial charge is 0.411 e. The summed E-state index contributed by atoms with van der Waals surface area (Å²) in [4.78, 5) is 13.4. The average molecular weight is 231 g/mol. The van der Waals surface area contributed by atoms with Crippen molar-refractivity contribution in [3.8, 4) is 0 Å². The molecule has 0 aliphatic carbocycles. The standard InChI is InChI=1S/C14H17NO2/c1-14(2,3)17-13(16)15-9-8-11-6-4-5-7-12(11)10-15/h4-7H,8-9H2,1-3H3. The maximum absolute atomic E-state index is 11.9. The Morgan fingerprint density at radius 2 is 2.06 bits per heavy atom. The van der Waals surface area contributed by atoms with Crippen molar-refractivity contribution in [2.24, 2.45) is 0 Å². The zero-order valence-electron chi connectivity index (χ0n) is 10.5. The minimum Gasteiger partial charge on any atom is -0.444 e. The van der Waals surface area contributed by atoms with E-state index in [4.69, 9.17) is 4.74 Å². The molecule has 1 aromatic carbocycles. The van der Waals surface area contributed by atoms with E-state index < -0.39 is 5.60 Å². The van der Waals surface area contributed by atoms with Crippen LogP contribution in [0, 0.1) is 6.54 Å². The van der Waals surface area contributed by atoms with Crippen molar-refractivity contribution in [2.45, 2.75) is 32.8 Å². The van der Waals surface area contributed by atoms with E-state index in [-0.39, 0.29) is 6.09 Å². The highest BCUT2D eigenvalue weighted by molar-refractivity contribution is 5.70. The first-order valence-electron chi connectivity index (χ1n) is 5.81. The third kappa shape index (κ3) is 2.99. The molecule has 1 heterocycles. The van der Waals surface area contributed by atoms with Crippen LogP contribution in [0.2, 0.25) is 0 Å². The third-order valence-corrected chi connectivity index (χ3v) is 2.49. The summed E-state index contributed by atoms with van der Waals surface area (Å²) >= 11 is 0. The normalized spacial score (nSPS) is 15.4. The van der Waals surface area contributed by atoms with E-state index in [9.17, 15) is 4.79 Å². The Labute approximate surface area is 102 Å². The Balaban J connectivity index is 2.05. The Bertz CT molecular complexity index is 420. The van der Waals surface area contributed by atoms with Crippen molar-refractivity contribution in [3.63, 3.8) is 0 Å². The van der Waals surface area contributed by atoms with Gasteiger partial charge in [0.25, 0.3) is 0 Å². The van der Waals surface area contributed by atoms with Gasteiger partial charge < -0.3 is 4.74 Å². The Kier molecular flexibility index (Phi) is 3.09. The fourth-order valence-corrected chi connectivity index (χ4v) is 1.73. The molecule has 0 fully saturated rings. The summed E-state index contributed by atoms with van der Waals surface area (Å²) in [5, 5.41) is 0. The predicted octanol–water partition coefficient (Wildman–Crippen LogP) is 2.87. The molecule has 3 heteroatoms. The van der Waals surface area contributed by atoms with Crippen LogP contribution in [0.4, 0.5) is 4.79 Å². The van der Waals surface area contributed by atoms with Crippen molar-refractivity contribution in [3.05, 3.63) is 41.9 Å². The van der Waals surface area contributed by atoms with Gasteiger partial charge in [0.1, 0.15) is 12.1 Å². The molecule has 0 saturated carbocycles. The molecule has 17 heavy (non-hydrogen) atoms. The lowest BCUT2D eigenvalue weighted by atomic mass is 10.0. The van der Waals surface area contributed by atoms with E-state index in [1.54, 1.807) is 0 Å². The van der Waals surface area contributed by atoms with Crippen molar-refractivity contribution < 1.29 is 9.53 Å². The molecule has 0 unspecified atom stereocenters. The number of ether oxygens (including phenoxy) is 1. The maximum Gasteiger partial charge on any atom is 0.411 e. The number of nitrogens with zero attached hydrogens (tertiary/aromatic N) is 1. The van der Waals surface area contributed by atoms with E-state index in [1.165, 1.54) is 10.5 Å². The SMILES string of the molecule is CC(C)(C)OC(=O)N1[C]c2ccccc2CC1. The molecular formula is C14H17NO2. The highest BCUT2D eigenvalue weighted by Crippen LogP contribution is 2.21. The summed E-state index contributed by atoms with van der Waals surface area (Å²) < 4.78 is 5.32. The van der Waals surface area contributed by atoms with Gasteiger partial charge in [-0.15, -0.1) is 0 Å². The molecule has 0 aromatic heterocycles. The molecule has 2 radical (unpaired) electrons. The summed E-state index contributed by atoms with van der Waals surface area (Å²) in [5.74, 6) is 0. The highest BCUT2D eigenvalue weighted by Gasteiger charge is 2.26. The summed E-state index contributed by atoms with van der Waals surface area (Å²) in [6.45, 7) is 9.30. The van der Waals surface area contributed by atoms with Gasteiger partial charge in [0.15, 0.2) is 0 Å². The lowest BCUT2D eigenvalue weighted by molar-refractivity contribution is 0.0306. The number of fused-ring (bicyclic) bond motifs is 1. The van der Waals surface area contributed by atoms with Crippen LogP contribution in [0.25, 0.3) is 0 Å². The molecule has 2 rings (SSSR count). The first-order chi connectivity index (χ1) is 7.96. The molecular weight excluding hydrogens is 214 g/mol. The second kappa shape index (κ2) is 4.40. The van der Waals surface area contributed by atoms with Crippen molar-refractivity contribution in [2.75, 3.05) is 6.54 Å². The molecule has 1 amide bonds. The van der Waals surface area contributed by atoms with Crippen LogP contribution in [0.3, 0.4) is 0 Å². The van der Waals surface area contributed by atoms with Crippen LogP contribution < -0.4 is 0 Å². The molecule has 0 atom stereocenters. The van der Waals surface area contributed by atoms with E-state index in [0.717, 1.165) is 12.0 Å². The molecule has 0 N–H and O–H groups in total. The molecule has 0 bridgehead atoms. The van der Waals surface area contributed by atoms with Crippen LogP contribution in [0.5, 0.6) is 0 Å². The number of hydrogen-bond acceptors (Lipinski definition) is 2. The van der Waals surface area contributed by atoms with Crippen molar-refractivity contribution >= 4 is 6.09 Å². The molecule has 1 aromatic rings. The van der Waals surface area contributed by atoms with Gasteiger partial charge in [-0.05, 0) is 38.3 Å². The number of carbonyl (C=O) groups is 1. The zero-order valence-corrected chi connectivity index (χ0v) is 10.5. The van der Waals surface area contributed by atoms with Gasteiger partial charge in [-0.25, -0.2) is 4.79 Å². The van der Waals surface area contributed by atoms with E-state index in [1.807, 2.05) is 39.0 Å². The van der Waals surface area contributed by atoms with E-state index in [0.29, 0.717) is 6.54 Å². The number of benzene rings is 1. The van der Waals surface area contributed by atoms with Crippen LogP contribution in [0.15, 0.2) is 24.3 Å². The van der Waals surface area contributed by atoms with Gasteiger partial charge in [-0.2, -0.15) is 0 Å². The monoisotopic (exact) mass is 231 g/mol. The minimum atomic E-state index is -0.463. The topological polar surface area (TPSA) is 29.5 Å².